The number of hydrogen-bond acceptors (Lipinski definition) is 3. The Kier molecular flexibility index (Phi) is 3.89. The molecule has 0 aromatic heterocycles. The second kappa shape index (κ2) is 4.96. The lowest BCUT2D eigenvalue weighted by atomic mass is 10.1. The Morgan fingerprint density at radius 1 is 1.64 bits per heavy atom. The van der Waals surface area contributed by atoms with Gasteiger partial charge in [-0.2, -0.15) is 0 Å². The van der Waals surface area contributed by atoms with Gasteiger partial charge in [0.1, 0.15) is 0 Å². The van der Waals surface area contributed by atoms with Crippen molar-refractivity contribution in [2.75, 3.05) is 7.11 Å². The second-order valence-corrected chi connectivity index (χ2v) is 3.64. The SMILES string of the molecule is C=N/C(=C\C(=C/OC)C(C)N)C1CC1. The van der Waals surface area contributed by atoms with Gasteiger partial charge in [0.25, 0.3) is 0 Å². The van der Waals surface area contributed by atoms with Gasteiger partial charge in [0.05, 0.1) is 13.4 Å². The minimum Gasteiger partial charge on any atom is -0.504 e. The summed E-state index contributed by atoms with van der Waals surface area (Å²) in [6.07, 6.45) is 6.07. The van der Waals surface area contributed by atoms with E-state index in [2.05, 4.69) is 11.7 Å². The van der Waals surface area contributed by atoms with Gasteiger partial charge in [-0.1, -0.05) is 0 Å². The number of ether oxygens (including phenoxy) is 1. The number of nitrogens with zero attached hydrogens (tertiary/aromatic N) is 1. The Balaban J connectivity index is 2.77. The zero-order valence-electron chi connectivity index (χ0n) is 8.86. The fourth-order valence-electron chi connectivity index (χ4n) is 1.25. The Bertz CT molecular complexity index is 262. The molecule has 0 aromatic rings. The van der Waals surface area contributed by atoms with E-state index in [9.17, 15) is 0 Å². The van der Waals surface area contributed by atoms with Crippen molar-refractivity contribution in [3.8, 4) is 0 Å². The van der Waals surface area contributed by atoms with E-state index in [1.807, 2.05) is 13.0 Å². The van der Waals surface area contributed by atoms with Crippen molar-refractivity contribution in [2.24, 2.45) is 16.6 Å². The van der Waals surface area contributed by atoms with Crippen molar-refractivity contribution in [1.82, 2.24) is 0 Å². The highest BCUT2D eigenvalue weighted by Crippen LogP contribution is 2.37. The summed E-state index contributed by atoms with van der Waals surface area (Å²) in [6.45, 7) is 5.49. The van der Waals surface area contributed by atoms with Crippen LogP contribution in [0.3, 0.4) is 0 Å². The molecule has 0 bridgehead atoms. The van der Waals surface area contributed by atoms with Crippen LogP contribution in [0.4, 0.5) is 0 Å². The van der Waals surface area contributed by atoms with Crippen LogP contribution in [-0.2, 0) is 4.74 Å². The van der Waals surface area contributed by atoms with Gasteiger partial charge in [0.15, 0.2) is 0 Å². The molecule has 0 saturated heterocycles. The van der Waals surface area contributed by atoms with E-state index in [-0.39, 0.29) is 6.04 Å². The average Bonchev–Trinajstić information content (AvgIpc) is 2.95. The lowest BCUT2D eigenvalue weighted by Crippen LogP contribution is -2.17. The summed E-state index contributed by atoms with van der Waals surface area (Å²) in [4.78, 5) is 4.01. The van der Waals surface area contributed by atoms with Crippen molar-refractivity contribution in [3.63, 3.8) is 0 Å². The van der Waals surface area contributed by atoms with Gasteiger partial charge >= 0.3 is 0 Å². The first-order chi connectivity index (χ1) is 6.69. The van der Waals surface area contributed by atoms with E-state index >= 15 is 0 Å². The van der Waals surface area contributed by atoms with Crippen LogP contribution in [0.2, 0.25) is 0 Å². The van der Waals surface area contributed by atoms with Crippen molar-refractivity contribution in [3.05, 3.63) is 23.6 Å². The van der Waals surface area contributed by atoms with Crippen LogP contribution in [0.5, 0.6) is 0 Å². The van der Waals surface area contributed by atoms with E-state index in [1.54, 1.807) is 13.4 Å². The molecule has 1 atom stereocenters. The predicted molar refractivity (Wildman–Crippen MR) is 59.1 cm³/mol. The average molecular weight is 194 g/mol. The first kappa shape index (κ1) is 11.0. The van der Waals surface area contributed by atoms with Crippen LogP contribution in [0.15, 0.2) is 28.6 Å². The highest BCUT2D eigenvalue weighted by atomic mass is 16.5. The summed E-state index contributed by atoms with van der Waals surface area (Å²) in [5.74, 6) is 0.589. The predicted octanol–water partition coefficient (Wildman–Crippen LogP) is 1.86. The molecular weight excluding hydrogens is 176 g/mol. The Morgan fingerprint density at radius 3 is 2.64 bits per heavy atom. The zero-order chi connectivity index (χ0) is 10.6. The van der Waals surface area contributed by atoms with Crippen LogP contribution in [0, 0.1) is 5.92 Å². The van der Waals surface area contributed by atoms with Crippen molar-refractivity contribution >= 4 is 6.72 Å². The Morgan fingerprint density at radius 2 is 2.29 bits per heavy atom. The maximum absolute atomic E-state index is 5.79. The molecule has 3 heteroatoms. The van der Waals surface area contributed by atoms with Crippen LogP contribution in [0.25, 0.3) is 0 Å². The third-order valence-electron chi connectivity index (χ3n) is 2.27. The molecule has 1 rings (SSSR count). The third kappa shape index (κ3) is 3.00. The highest BCUT2D eigenvalue weighted by molar-refractivity contribution is 5.35. The van der Waals surface area contributed by atoms with Gasteiger partial charge in [-0.3, -0.25) is 4.99 Å². The molecule has 1 aliphatic rings. The summed E-state index contributed by atoms with van der Waals surface area (Å²) in [6, 6.07) is -0.0366. The molecule has 1 fully saturated rings. The minimum atomic E-state index is -0.0366. The topological polar surface area (TPSA) is 47.6 Å². The molecule has 2 N–H and O–H groups in total. The van der Waals surface area contributed by atoms with Gasteiger partial charge in [-0.15, -0.1) is 0 Å². The molecule has 0 amide bonds. The molecular formula is C11H18N2O. The summed E-state index contributed by atoms with van der Waals surface area (Å²) >= 11 is 0. The molecule has 0 radical (unpaired) electrons. The molecule has 0 aromatic carbocycles. The van der Waals surface area contributed by atoms with Crippen molar-refractivity contribution < 1.29 is 4.74 Å². The van der Waals surface area contributed by atoms with Gasteiger partial charge < -0.3 is 10.5 Å². The van der Waals surface area contributed by atoms with Crippen LogP contribution in [0.1, 0.15) is 19.8 Å². The number of methoxy groups -OCH3 is 1. The Labute approximate surface area is 85.4 Å². The van der Waals surface area contributed by atoms with Crippen LogP contribution in [-0.4, -0.2) is 19.9 Å². The molecule has 0 spiro atoms. The fraction of sp³-hybridized carbons (Fsp3) is 0.545. The molecule has 1 aliphatic carbocycles. The first-order valence-corrected chi connectivity index (χ1v) is 4.85. The highest BCUT2D eigenvalue weighted by Gasteiger charge is 2.25. The summed E-state index contributed by atoms with van der Waals surface area (Å²) in [7, 11) is 1.62. The van der Waals surface area contributed by atoms with Crippen molar-refractivity contribution in [1.29, 1.82) is 0 Å². The van der Waals surface area contributed by atoms with Crippen LogP contribution >= 0.6 is 0 Å². The van der Waals surface area contributed by atoms with Gasteiger partial charge in [-0.25, -0.2) is 0 Å². The van der Waals surface area contributed by atoms with E-state index in [4.69, 9.17) is 10.5 Å². The van der Waals surface area contributed by atoms with Crippen molar-refractivity contribution in [2.45, 2.75) is 25.8 Å². The maximum Gasteiger partial charge on any atom is 0.0872 e. The molecule has 3 nitrogen and oxygen atoms in total. The summed E-state index contributed by atoms with van der Waals surface area (Å²) < 4.78 is 4.96. The van der Waals surface area contributed by atoms with E-state index < -0.39 is 0 Å². The number of nitrogens with two attached hydrogens (primary N) is 1. The Hall–Kier alpha value is -1.09. The van der Waals surface area contributed by atoms with Gasteiger partial charge in [-0.05, 0) is 32.6 Å². The molecule has 78 valence electrons. The van der Waals surface area contributed by atoms with Crippen LogP contribution < -0.4 is 5.73 Å². The lowest BCUT2D eigenvalue weighted by Gasteiger charge is -2.07. The van der Waals surface area contributed by atoms with Gasteiger partial charge in [0.2, 0.25) is 0 Å². The quantitative estimate of drug-likeness (QED) is 0.412. The summed E-state index contributed by atoms with van der Waals surface area (Å²) in [5.41, 5.74) is 7.78. The molecule has 0 heterocycles. The number of rotatable bonds is 5. The molecule has 1 unspecified atom stereocenters. The standard InChI is InChI=1S/C11H18N2O/c1-8(12)10(7-14-3)6-11(13-2)9-4-5-9/h6-9H,2,4-5,12H2,1,3H3/b10-7+,11-6-. The number of aliphatic imine (C=N–C) groups is 1. The molecule has 0 aliphatic heterocycles. The lowest BCUT2D eigenvalue weighted by molar-refractivity contribution is 0.333. The normalized spacial score (nSPS) is 20.5. The smallest absolute Gasteiger partial charge is 0.0872 e. The monoisotopic (exact) mass is 194 g/mol. The molecule has 1 saturated carbocycles. The first-order valence-electron chi connectivity index (χ1n) is 4.85. The molecule has 14 heavy (non-hydrogen) atoms. The summed E-state index contributed by atoms with van der Waals surface area (Å²) in [5, 5.41) is 0. The van der Waals surface area contributed by atoms with Gasteiger partial charge in [0, 0.05) is 23.2 Å². The second-order valence-electron chi connectivity index (χ2n) is 3.64. The zero-order valence-corrected chi connectivity index (χ0v) is 8.86. The number of allylic oxidation sites excluding steroid dienone is 1. The number of hydrogen-bond donors (Lipinski definition) is 1. The van der Waals surface area contributed by atoms with E-state index in [0.29, 0.717) is 5.92 Å². The van der Waals surface area contributed by atoms with E-state index in [1.165, 1.54) is 12.8 Å². The fourth-order valence-corrected chi connectivity index (χ4v) is 1.25. The largest absolute Gasteiger partial charge is 0.504 e. The third-order valence-corrected chi connectivity index (χ3v) is 2.27. The minimum absolute atomic E-state index is 0.0366. The maximum atomic E-state index is 5.79. The van der Waals surface area contributed by atoms with E-state index in [0.717, 1.165) is 11.3 Å².